The molecule has 0 bridgehead atoms. The van der Waals surface area contributed by atoms with Crippen molar-refractivity contribution in [2.45, 2.75) is 26.8 Å². The molecule has 28 heavy (non-hydrogen) atoms. The monoisotopic (exact) mass is 405 g/mol. The number of rotatable bonds is 6. The number of ether oxygens (including phenoxy) is 2. The third-order valence-electron chi connectivity index (χ3n) is 3.94. The summed E-state index contributed by atoms with van der Waals surface area (Å²) in [5.74, 6) is -0.694. The molecule has 1 aliphatic rings. The summed E-state index contributed by atoms with van der Waals surface area (Å²) in [6.07, 6.45) is 1.52. The Morgan fingerprint density at radius 3 is 2.79 bits per heavy atom. The summed E-state index contributed by atoms with van der Waals surface area (Å²) in [6.45, 7) is 4.96. The number of hydrogen-bond acceptors (Lipinski definition) is 8. The van der Waals surface area contributed by atoms with E-state index in [0.29, 0.717) is 15.6 Å². The van der Waals surface area contributed by atoms with Crippen molar-refractivity contribution in [3.05, 3.63) is 40.2 Å². The molecule has 2 N–H and O–H groups in total. The van der Waals surface area contributed by atoms with Crippen LogP contribution in [-0.2, 0) is 14.3 Å². The molecular formula is C18H19N3O6S. The van der Waals surface area contributed by atoms with E-state index in [9.17, 15) is 14.4 Å². The Bertz CT molecular complexity index is 931. The topological polar surface area (TPSA) is 120 Å². The molecule has 0 saturated carbocycles. The molecule has 0 saturated heterocycles. The highest BCUT2D eigenvalue weighted by Crippen LogP contribution is 2.28. The van der Waals surface area contributed by atoms with Crippen molar-refractivity contribution in [3.8, 4) is 10.8 Å². The second kappa shape index (κ2) is 8.26. The number of aromatic nitrogens is 1. The summed E-state index contributed by atoms with van der Waals surface area (Å²) in [7, 11) is 0. The number of aryl methyl sites for hydroxylation is 1. The average Bonchev–Trinajstić information content (AvgIpc) is 3.28. The fourth-order valence-electron chi connectivity index (χ4n) is 2.69. The molecule has 148 valence electrons. The van der Waals surface area contributed by atoms with Gasteiger partial charge < -0.3 is 24.5 Å². The van der Waals surface area contributed by atoms with Gasteiger partial charge in [0.15, 0.2) is 16.5 Å². The van der Waals surface area contributed by atoms with Gasteiger partial charge in [0.1, 0.15) is 6.61 Å². The molecule has 2 amide bonds. The van der Waals surface area contributed by atoms with E-state index in [0.717, 1.165) is 0 Å². The Labute approximate surface area is 164 Å². The number of thiazole rings is 1. The molecular weight excluding hydrogens is 386 g/mol. The fourth-order valence-corrected chi connectivity index (χ4v) is 3.56. The van der Waals surface area contributed by atoms with Gasteiger partial charge in [0.05, 0.1) is 30.2 Å². The van der Waals surface area contributed by atoms with E-state index < -0.39 is 24.0 Å². The van der Waals surface area contributed by atoms with Crippen molar-refractivity contribution in [1.29, 1.82) is 0 Å². The molecule has 0 spiro atoms. The molecule has 1 atom stereocenters. The molecule has 1 aliphatic heterocycles. The van der Waals surface area contributed by atoms with Gasteiger partial charge in [0.2, 0.25) is 0 Å². The van der Waals surface area contributed by atoms with Gasteiger partial charge in [-0.3, -0.25) is 0 Å². The predicted molar refractivity (Wildman–Crippen MR) is 99.6 cm³/mol. The minimum Gasteiger partial charge on any atom is -0.463 e. The van der Waals surface area contributed by atoms with Gasteiger partial charge in [-0.25, -0.2) is 19.4 Å². The molecule has 0 aromatic carbocycles. The molecule has 0 fully saturated rings. The molecule has 10 heteroatoms. The van der Waals surface area contributed by atoms with Crippen molar-refractivity contribution in [1.82, 2.24) is 15.6 Å². The van der Waals surface area contributed by atoms with Gasteiger partial charge in [0, 0.05) is 4.88 Å². The van der Waals surface area contributed by atoms with Gasteiger partial charge in [0.25, 0.3) is 0 Å². The van der Waals surface area contributed by atoms with Crippen molar-refractivity contribution < 1.29 is 28.3 Å². The maximum Gasteiger partial charge on any atom is 0.358 e. The fraction of sp³-hybridized carbons (Fsp3) is 0.333. The van der Waals surface area contributed by atoms with Crippen LogP contribution in [0.15, 0.2) is 34.1 Å². The van der Waals surface area contributed by atoms with Crippen LogP contribution in [0.5, 0.6) is 0 Å². The number of amides is 2. The number of furan rings is 1. The summed E-state index contributed by atoms with van der Waals surface area (Å²) in [6, 6.07) is 2.41. The lowest BCUT2D eigenvalue weighted by Crippen LogP contribution is -2.50. The zero-order chi connectivity index (χ0) is 20.3. The van der Waals surface area contributed by atoms with Crippen LogP contribution < -0.4 is 10.6 Å². The first-order valence-corrected chi connectivity index (χ1v) is 9.38. The lowest BCUT2D eigenvalue weighted by Gasteiger charge is -2.26. The Balaban J connectivity index is 1.77. The molecule has 3 rings (SSSR count). The summed E-state index contributed by atoms with van der Waals surface area (Å²) in [4.78, 5) is 41.4. The first-order valence-electron chi connectivity index (χ1n) is 8.56. The highest BCUT2D eigenvalue weighted by atomic mass is 32.1. The number of esters is 2. The molecule has 9 nitrogen and oxygen atoms in total. The number of nitrogens with one attached hydrogen (secondary N) is 2. The van der Waals surface area contributed by atoms with Crippen molar-refractivity contribution >= 4 is 29.3 Å². The maximum atomic E-state index is 12.5. The number of carbonyl (C=O) groups excluding carboxylic acids is 3. The Kier molecular flexibility index (Phi) is 5.78. The third-order valence-corrected chi connectivity index (χ3v) is 4.92. The molecule has 2 aromatic heterocycles. The van der Waals surface area contributed by atoms with Gasteiger partial charge in [-0.15, -0.1) is 11.3 Å². The minimum absolute atomic E-state index is 0.156. The predicted octanol–water partition coefficient (Wildman–Crippen LogP) is 2.39. The molecule has 2 aromatic rings. The van der Waals surface area contributed by atoms with Gasteiger partial charge >= 0.3 is 18.0 Å². The van der Waals surface area contributed by atoms with E-state index >= 15 is 0 Å². The smallest absolute Gasteiger partial charge is 0.358 e. The second-order valence-corrected chi connectivity index (χ2v) is 7.11. The van der Waals surface area contributed by atoms with Crippen molar-refractivity contribution in [3.63, 3.8) is 0 Å². The van der Waals surface area contributed by atoms with E-state index in [2.05, 4.69) is 15.6 Å². The number of urea groups is 1. The van der Waals surface area contributed by atoms with Crippen molar-refractivity contribution in [2.24, 2.45) is 0 Å². The van der Waals surface area contributed by atoms with Gasteiger partial charge in [-0.05, 0) is 32.9 Å². The van der Waals surface area contributed by atoms with Crippen LogP contribution in [-0.4, -0.2) is 42.2 Å². The van der Waals surface area contributed by atoms with E-state index in [1.807, 2.05) is 0 Å². The largest absolute Gasteiger partial charge is 0.463 e. The molecule has 0 aliphatic carbocycles. The highest BCUT2D eigenvalue weighted by molar-refractivity contribution is 7.15. The van der Waals surface area contributed by atoms with Crippen LogP contribution in [0.4, 0.5) is 4.79 Å². The standard InChI is InChI=1S/C18H19N3O6S/c1-4-25-16(22)13-9(2)19-18(24)20-11(13)8-27-17(23)14-10(3)28-15(21-14)12-6-5-7-26-12/h5-7,9H,4,8H2,1-3H3,(H2,19,20,24). The molecule has 3 heterocycles. The van der Waals surface area contributed by atoms with Crippen LogP contribution in [0.25, 0.3) is 10.8 Å². The summed E-state index contributed by atoms with van der Waals surface area (Å²) in [5.41, 5.74) is 0.547. The minimum atomic E-state index is -0.664. The lowest BCUT2D eigenvalue weighted by molar-refractivity contribution is -0.139. The average molecular weight is 405 g/mol. The second-order valence-electron chi connectivity index (χ2n) is 5.91. The number of carbonyl (C=O) groups is 3. The zero-order valence-corrected chi connectivity index (χ0v) is 16.3. The van der Waals surface area contributed by atoms with E-state index in [-0.39, 0.29) is 30.2 Å². The van der Waals surface area contributed by atoms with Gasteiger partial charge in [-0.2, -0.15) is 0 Å². The number of hydrogen-bond donors (Lipinski definition) is 2. The van der Waals surface area contributed by atoms with Crippen molar-refractivity contribution in [2.75, 3.05) is 13.2 Å². The van der Waals surface area contributed by atoms with E-state index in [4.69, 9.17) is 13.9 Å². The third kappa shape index (κ3) is 4.06. The zero-order valence-electron chi connectivity index (χ0n) is 15.5. The summed E-state index contributed by atoms with van der Waals surface area (Å²) >= 11 is 1.30. The SMILES string of the molecule is CCOC(=O)C1=C(COC(=O)c2nc(-c3ccco3)sc2C)NC(=O)NC1C. The lowest BCUT2D eigenvalue weighted by atomic mass is 10.0. The first kappa shape index (κ1) is 19.6. The van der Waals surface area contributed by atoms with Crippen LogP contribution in [0.1, 0.15) is 29.2 Å². The van der Waals surface area contributed by atoms with Gasteiger partial charge in [-0.1, -0.05) is 0 Å². The Morgan fingerprint density at radius 1 is 1.32 bits per heavy atom. The maximum absolute atomic E-state index is 12.5. The van der Waals surface area contributed by atoms with E-state index in [1.165, 1.54) is 17.6 Å². The van der Waals surface area contributed by atoms with Crippen LogP contribution in [0.2, 0.25) is 0 Å². The van der Waals surface area contributed by atoms with Crippen LogP contribution in [0.3, 0.4) is 0 Å². The van der Waals surface area contributed by atoms with Crippen LogP contribution in [0, 0.1) is 6.92 Å². The molecule has 0 radical (unpaired) electrons. The summed E-state index contributed by atoms with van der Waals surface area (Å²) < 4.78 is 15.6. The number of nitrogens with zero attached hydrogens (tertiary/aromatic N) is 1. The Morgan fingerprint density at radius 2 is 2.11 bits per heavy atom. The summed E-state index contributed by atoms with van der Waals surface area (Å²) in [5, 5.41) is 5.64. The normalized spacial score (nSPS) is 16.4. The Hall–Kier alpha value is -3.14. The molecule has 1 unspecified atom stereocenters. The first-order chi connectivity index (χ1) is 13.4. The highest BCUT2D eigenvalue weighted by Gasteiger charge is 2.30. The van der Waals surface area contributed by atoms with Crippen LogP contribution >= 0.6 is 11.3 Å². The van der Waals surface area contributed by atoms with E-state index in [1.54, 1.807) is 32.9 Å². The quantitative estimate of drug-likeness (QED) is 0.708.